The van der Waals surface area contributed by atoms with Crippen molar-refractivity contribution in [2.75, 3.05) is 13.2 Å². The maximum atomic E-state index is 11.6. The molecular formula is C11H15N3O2. The SMILES string of the molecule is CCOC(=O)C1=C(N)N2CCC2=C(N)C=C1. The van der Waals surface area contributed by atoms with Gasteiger partial charge in [0.2, 0.25) is 0 Å². The van der Waals surface area contributed by atoms with Crippen LogP contribution >= 0.6 is 0 Å². The molecule has 0 atom stereocenters. The standard InChI is InChI=1S/C11H15N3O2/c1-2-16-11(15)7-3-4-8(12)9-5-6-14(9)10(7)13/h3-4H,2,5-6,12-13H2,1H3. The van der Waals surface area contributed by atoms with Gasteiger partial charge >= 0.3 is 5.97 Å². The summed E-state index contributed by atoms with van der Waals surface area (Å²) in [7, 11) is 0. The van der Waals surface area contributed by atoms with Gasteiger partial charge in [-0.2, -0.15) is 0 Å². The second kappa shape index (κ2) is 3.92. The van der Waals surface area contributed by atoms with Crippen molar-refractivity contribution in [2.45, 2.75) is 13.3 Å². The summed E-state index contributed by atoms with van der Waals surface area (Å²) in [5, 5.41) is 0. The number of carbonyl (C=O) groups is 1. The third-order valence-electron chi connectivity index (χ3n) is 2.72. The Morgan fingerprint density at radius 1 is 1.50 bits per heavy atom. The summed E-state index contributed by atoms with van der Waals surface area (Å²) in [6.45, 7) is 2.89. The molecule has 2 rings (SSSR count). The molecule has 0 aromatic carbocycles. The van der Waals surface area contributed by atoms with Crippen molar-refractivity contribution in [3.63, 3.8) is 0 Å². The summed E-state index contributed by atoms with van der Waals surface area (Å²) in [5.74, 6) is 0.0219. The van der Waals surface area contributed by atoms with Gasteiger partial charge in [0.25, 0.3) is 0 Å². The molecule has 0 aromatic heterocycles. The Morgan fingerprint density at radius 2 is 2.25 bits per heavy atom. The highest BCUT2D eigenvalue weighted by Gasteiger charge is 2.29. The Balaban J connectivity index is 2.33. The molecule has 2 heterocycles. The predicted molar refractivity (Wildman–Crippen MR) is 59.5 cm³/mol. The molecule has 0 bridgehead atoms. The molecule has 2 aliphatic heterocycles. The number of hydrogen-bond donors (Lipinski definition) is 2. The zero-order valence-electron chi connectivity index (χ0n) is 9.19. The average Bonchev–Trinajstić information content (AvgIpc) is 2.22. The third kappa shape index (κ3) is 1.54. The van der Waals surface area contributed by atoms with Crippen molar-refractivity contribution in [3.05, 3.63) is 34.9 Å². The van der Waals surface area contributed by atoms with Crippen molar-refractivity contribution < 1.29 is 9.53 Å². The molecule has 0 amide bonds. The number of fused-ring (bicyclic) bond motifs is 1. The van der Waals surface area contributed by atoms with E-state index in [1.165, 1.54) is 0 Å². The predicted octanol–water partition coefficient (Wildman–Crippen LogP) is 0.166. The van der Waals surface area contributed by atoms with Gasteiger partial charge in [0.1, 0.15) is 5.82 Å². The molecule has 5 heteroatoms. The maximum Gasteiger partial charge on any atom is 0.341 e. The van der Waals surface area contributed by atoms with E-state index in [4.69, 9.17) is 16.2 Å². The molecule has 0 aliphatic carbocycles. The minimum Gasteiger partial charge on any atom is -0.462 e. The van der Waals surface area contributed by atoms with Gasteiger partial charge in [0, 0.05) is 18.7 Å². The Morgan fingerprint density at radius 3 is 2.81 bits per heavy atom. The van der Waals surface area contributed by atoms with E-state index in [1.54, 1.807) is 19.1 Å². The van der Waals surface area contributed by atoms with Gasteiger partial charge in [-0.25, -0.2) is 4.79 Å². The Labute approximate surface area is 94.0 Å². The molecule has 5 nitrogen and oxygen atoms in total. The summed E-state index contributed by atoms with van der Waals surface area (Å²) >= 11 is 0. The Bertz CT molecular complexity index is 421. The fourth-order valence-electron chi connectivity index (χ4n) is 1.78. The van der Waals surface area contributed by atoms with Crippen LogP contribution in [-0.4, -0.2) is 24.0 Å². The van der Waals surface area contributed by atoms with Gasteiger partial charge < -0.3 is 21.1 Å². The highest BCUT2D eigenvalue weighted by Crippen LogP contribution is 2.30. The molecule has 0 saturated carbocycles. The fraction of sp³-hybridized carbons (Fsp3) is 0.364. The minimum atomic E-state index is -0.405. The maximum absolute atomic E-state index is 11.6. The van der Waals surface area contributed by atoms with Gasteiger partial charge in [-0.3, -0.25) is 0 Å². The zero-order chi connectivity index (χ0) is 11.7. The lowest BCUT2D eigenvalue weighted by Gasteiger charge is -2.37. The highest BCUT2D eigenvalue weighted by atomic mass is 16.5. The molecule has 1 saturated heterocycles. The van der Waals surface area contributed by atoms with Gasteiger partial charge in [-0.1, -0.05) is 0 Å². The molecule has 0 unspecified atom stereocenters. The number of allylic oxidation sites excluding steroid dienone is 1. The van der Waals surface area contributed by atoms with E-state index < -0.39 is 5.97 Å². The van der Waals surface area contributed by atoms with Crippen LogP contribution in [0.1, 0.15) is 13.3 Å². The van der Waals surface area contributed by atoms with Crippen LogP contribution in [0.25, 0.3) is 0 Å². The van der Waals surface area contributed by atoms with Crippen LogP contribution < -0.4 is 11.5 Å². The molecule has 16 heavy (non-hydrogen) atoms. The zero-order valence-corrected chi connectivity index (χ0v) is 9.19. The number of nitrogens with zero attached hydrogens (tertiary/aromatic N) is 1. The summed E-state index contributed by atoms with van der Waals surface area (Å²) in [4.78, 5) is 13.5. The van der Waals surface area contributed by atoms with E-state index in [2.05, 4.69) is 0 Å². The van der Waals surface area contributed by atoms with Crippen molar-refractivity contribution >= 4 is 5.97 Å². The molecule has 0 spiro atoms. The molecule has 2 aliphatic rings. The number of nitrogens with two attached hydrogens (primary N) is 2. The molecular weight excluding hydrogens is 206 g/mol. The third-order valence-corrected chi connectivity index (χ3v) is 2.72. The van der Waals surface area contributed by atoms with E-state index in [0.29, 0.717) is 23.7 Å². The second-order valence-corrected chi connectivity index (χ2v) is 3.66. The summed E-state index contributed by atoms with van der Waals surface area (Å²) in [6, 6.07) is 0. The minimum absolute atomic E-state index is 0.333. The lowest BCUT2D eigenvalue weighted by atomic mass is 10.1. The monoisotopic (exact) mass is 221 g/mol. The number of esters is 1. The van der Waals surface area contributed by atoms with Crippen LogP contribution in [0.3, 0.4) is 0 Å². The lowest BCUT2D eigenvalue weighted by Crippen LogP contribution is -2.40. The molecule has 4 N–H and O–H groups in total. The van der Waals surface area contributed by atoms with Gasteiger partial charge in [-0.15, -0.1) is 0 Å². The quantitative estimate of drug-likeness (QED) is 0.649. The van der Waals surface area contributed by atoms with Crippen molar-refractivity contribution in [2.24, 2.45) is 11.5 Å². The van der Waals surface area contributed by atoms with E-state index in [0.717, 1.165) is 18.7 Å². The van der Waals surface area contributed by atoms with Crippen molar-refractivity contribution in [3.8, 4) is 0 Å². The van der Waals surface area contributed by atoms with Crippen LogP contribution in [0.5, 0.6) is 0 Å². The van der Waals surface area contributed by atoms with Crippen LogP contribution in [-0.2, 0) is 9.53 Å². The lowest BCUT2D eigenvalue weighted by molar-refractivity contribution is -0.138. The number of ether oxygens (including phenoxy) is 1. The van der Waals surface area contributed by atoms with E-state index >= 15 is 0 Å². The average molecular weight is 221 g/mol. The van der Waals surface area contributed by atoms with Gasteiger partial charge in [0.15, 0.2) is 0 Å². The number of hydrogen-bond acceptors (Lipinski definition) is 5. The normalized spacial score (nSPS) is 19.2. The van der Waals surface area contributed by atoms with Crippen LogP contribution in [0.15, 0.2) is 34.9 Å². The van der Waals surface area contributed by atoms with E-state index in [9.17, 15) is 4.79 Å². The number of carbonyl (C=O) groups excluding carboxylic acids is 1. The smallest absolute Gasteiger partial charge is 0.341 e. The van der Waals surface area contributed by atoms with Crippen LogP contribution in [0.4, 0.5) is 0 Å². The van der Waals surface area contributed by atoms with Crippen LogP contribution in [0.2, 0.25) is 0 Å². The highest BCUT2D eigenvalue weighted by molar-refractivity contribution is 5.92. The first-order valence-corrected chi connectivity index (χ1v) is 5.26. The molecule has 86 valence electrons. The first-order chi connectivity index (χ1) is 7.65. The summed E-state index contributed by atoms with van der Waals surface area (Å²) < 4.78 is 4.94. The topological polar surface area (TPSA) is 81.6 Å². The van der Waals surface area contributed by atoms with Gasteiger partial charge in [0.05, 0.1) is 17.9 Å². The van der Waals surface area contributed by atoms with E-state index in [-0.39, 0.29) is 0 Å². The largest absolute Gasteiger partial charge is 0.462 e. The molecule has 0 radical (unpaired) electrons. The Hall–Kier alpha value is -1.91. The fourth-order valence-corrected chi connectivity index (χ4v) is 1.78. The summed E-state index contributed by atoms with van der Waals surface area (Å²) in [5.41, 5.74) is 13.8. The van der Waals surface area contributed by atoms with Gasteiger partial charge in [-0.05, 0) is 19.1 Å². The molecule has 0 aromatic rings. The first-order valence-electron chi connectivity index (χ1n) is 5.26. The molecule has 1 fully saturated rings. The number of rotatable bonds is 2. The second-order valence-electron chi connectivity index (χ2n) is 3.66. The summed E-state index contributed by atoms with van der Waals surface area (Å²) in [6.07, 6.45) is 4.22. The Kier molecular flexibility index (Phi) is 2.60. The van der Waals surface area contributed by atoms with E-state index in [1.807, 2.05) is 4.90 Å². The van der Waals surface area contributed by atoms with Crippen LogP contribution in [0, 0.1) is 0 Å². The van der Waals surface area contributed by atoms with Crippen molar-refractivity contribution in [1.29, 1.82) is 0 Å². The first kappa shape index (κ1) is 10.6. The van der Waals surface area contributed by atoms with Crippen molar-refractivity contribution in [1.82, 2.24) is 4.90 Å².